The van der Waals surface area contributed by atoms with Crippen molar-refractivity contribution in [2.75, 3.05) is 0 Å². The van der Waals surface area contributed by atoms with Crippen molar-refractivity contribution in [3.8, 4) is 0 Å². The number of benzene rings is 1. The van der Waals surface area contributed by atoms with Crippen molar-refractivity contribution in [1.29, 1.82) is 0 Å². The van der Waals surface area contributed by atoms with E-state index in [1.807, 2.05) is 0 Å². The minimum Gasteiger partial charge on any atom is -0.258 e. The number of hydrogen-bond donors (Lipinski definition) is 0. The molecule has 0 atom stereocenters. The van der Waals surface area contributed by atoms with Gasteiger partial charge in [0.25, 0.3) is 5.69 Å². The summed E-state index contributed by atoms with van der Waals surface area (Å²) in [5.41, 5.74) is 0.723. The SMILES string of the molecule is O=[N+]([O-])c1ccccc1Cn1ccnn1. The Hall–Kier alpha value is -2.24. The molecule has 1 aromatic carbocycles. The predicted octanol–water partition coefficient (Wildman–Crippen LogP) is 1.23. The van der Waals surface area contributed by atoms with Gasteiger partial charge in [0.1, 0.15) is 0 Å². The standard InChI is InChI=1S/C9H8N4O2/c14-13(15)9-4-2-1-3-8(9)7-12-6-5-10-11-12/h1-6H,7H2. The number of rotatable bonds is 3. The van der Waals surface area contributed by atoms with Crippen molar-refractivity contribution in [1.82, 2.24) is 15.0 Å². The van der Waals surface area contributed by atoms with Gasteiger partial charge in [-0.15, -0.1) is 5.10 Å². The Morgan fingerprint density at radius 3 is 2.87 bits per heavy atom. The van der Waals surface area contributed by atoms with Crippen LogP contribution in [0.4, 0.5) is 5.69 Å². The normalized spacial score (nSPS) is 10.1. The van der Waals surface area contributed by atoms with Crippen LogP contribution in [0.2, 0.25) is 0 Å². The third kappa shape index (κ3) is 1.98. The first kappa shape index (κ1) is 9.32. The Balaban J connectivity index is 2.32. The molecule has 6 heteroatoms. The van der Waals surface area contributed by atoms with Crippen LogP contribution >= 0.6 is 0 Å². The smallest absolute Gasteiger partial charge is 0.258 e. The Morgan fingerprint density at radius 2 is 2.20 bits per heavy atom. The van der Waals surface area contributed by atoms with Gasteiger partial charge in [0.15, 0.2) is 0 Å². The van der Waals surface area contributed by atoms with Crippen LogP contribution in [-0.4, -0.2) is 19.9 Å². The molecule has 15 heavy (non-hydrogen) atoms. The highest BCUT2D eigenvalue weighted by atomic mass is 16.6. The molecule has 76 valence electrons. The molecule has 6 nitrogen and oxygen atoms in total. The van der Waals surface area contributed by atoms with Crippen molar-refractivity contribution in [2.24, 2.45) is 0 Å². The van der Waals surface area contributed by atoms with Gasteiger partial charge < -0.3 is 0 Å². The largest absolute Gasteiger partial charge is 0.274 e. The molecule has 0 fully saturated rings. The summed E-state index contributed by atoms with van der Waals surface area (Å²) in [6.07, 6.45) is 3.20. The fourth-order valence-electron chi connectivity index (χ4n) is 1.31. The number of para-hydroxylation sites is 1. The molecule has 1 aromatic heterocycles. The van der Waals surface area contributed by atoms with Gasteiger partial charge in [-0.05, 0) is 0 Å². The first-order chi connectivity index (χ1) is 7.27. The minimum absolute atomic E-state index is 0.105. The van der Waals surface area contributed by atoms with E-state index >= 15 is 0 Å². The lowest BCUT2D eigenvalue weighted by atomic mass is 10.2. The second-order valence-corrected chi connectivity index (χ2v) is 2.99. The summed E-state index contributed by atoms with van der Waals surface area (Å²) in [6, 6.07) is 6.59. The van der Waals surface area contributed by atoms with E-state index < -0.39 is 4.92 Å². The van der Waals surface area contributed by atoms with Crippen LogP contribution in [0.25, 0.3) is 0 Å². The van der Waals surface area contributed by atoms with Crippen molar-refractivity contribution < 1.29 is 4.92 Å². The van der Waals surface area contributed by atoms with Crippen LogP contribution in [0.1, 0.15) is 5.56 Å². The zero-order valence-electron chi connectivity index (χ0n) is 7.78. The summed E-state index contributed by atoms with van der Waals surface area (Å²) in [5.74, 6) is 0. The van der Waals surface area contributed by atoms with Gasteiger partial charge >= 0.3 is 0 Å². The first-order valence-electron chi connectivity index (χ1n) is 4.34. The predicted molar refractivity (Wildman–Crippen MR) is 52.2 cm³/mol. The summed E-state index contributed by atoms with van der Waals surface area (Å²) in [6.45, 7) is 0.358. The fraction of sp³-hybridized carbons (Fsp3) is 0.111. The molecule has 0 aliphatic carbocycles. The van der Waals surface area contributed by atoms with Gasteiger partial charge in [-0.25, -0.2) is 4.68 Å². The van der Waals surface area contributed by atoms with Crippen LogP contribution < -0.4 is 0 Å². The summed E-state index contributed by atoms with van der Waals surface area (Å²) < 4.78 is 1.54. The van der Waals surface area contributed by atoms with Crippen molar-refractivity contribution >= 4 is 5.69 Å². The fourth-order valence-corrected chi connectivity index (χ4v) is 1.31. The summed E-state index contributed by atoms with van der Waals surface area (Å²) in [5, 5.41) is 18.1. The van der Waals surface area contributed by atoms with Gasteiger partial charge in [-0.2, -0.15) is 0 Å². The van der Waals surface area contributed by atoms with E-state index in [0.717, 1.165) is 0 Å². The molecule has 0 spiro atoms. The number of nitrogens with zero attached hydrogens (tertiary/aromatic N) is 4. The molecule has 2 aromatic rings. The van der Waals surface area contributed by atoms with Gasteiger partial charge in [-0.3, -0.25) is 10.1 Å². The maximum Gasteiger partial charge on any atom is 0.274 e. The summed E-state index contributed by atoms with van der Waals surface area (Å²) in [7, 11) is 0. The molecular formula is C9H8N4O2. The average Bonchev–Trinajstić information content (AvgIpc) is 2.71. The molecule has 0 saturated carbocycles. The average molecular weight is 204 g/mol. The Morgan fingerprint density at radius 1 is 1.40 bits per heavy atom. The second-order valence-electron chi connectivity index (χ2n) is 2.99. The molecule has 0 amide bonds. The highest BCUT2D eigenvalue weighted by Gasteiger charge is 2.12. The lowest BCUT2D eigenvalue weighted by Crippen LogP contribution is -2.03. The molecule has 0 bridgehead atoms. The number of aromatic nitrogens is 3. The van der Waals surface area contributed by atoms with Crippen LogP contribution in [0.5, 0.6) is 0 Å². The highest BCUT2D eigenvalue weighted by Crippen LogP contribution is 2.17. The molecule has 0 saturated heterocycles. The lowest BCUT2D eigenvalue weighted by Gasteiger charge is -2.01. The van der Waals surface area contributed by atoms with Gasteiger partial charge in [0.05, 0.1) is 23.2 Å². The molecule has 0 unspecified atom stereocenters. The van der Waals surface area contributed by atoms with E-state index in [2.05, 4.69) is 10.3 Å². The topological polar surface area (TPSA) is 73.8 Å². The highest BCUT2D eigenvalue weighted by molar-refractivity contribution is 5.39. The summed E-state index contributed by atoms with van der Waals surface area (Å²) in [4.78, 5) is 10.3. The van der Waals surface area contributed by atoms with Gasteiger partial charge in [-0.1, -0.05) is 23.4 Å². The van der Waals surface area contributed by atoms with E-state index in [0.29, 0.717) is 12.1 Å². The van der Waals surface area contributed by atoms with E-state index in [-0.39, 0.29) is 5.69 Å². The monoisotopic (exact) mass is 204 g/mol. The summed E-state index contributed by atoms with van der Waals surface area (Å²) >= 11 is 0. The second kappa shape index (κ2) is 3.87. The van der Waals surface area contributed by atoms with Crippen molar-refractivity contribution in [3.05, 3.63) is 52.3 Å². The van der Waals surface area contributed by atoms with E-state index in [9.17, 15) is 10.1 Å². The van der Waals surface area contributed by atoms with Crippen molar-refractivity contribution in [3.63, 3.8) is 0 Å². The molecule has 1 heterocycles. The Kier molecular flexibility index (Phi) is 2.40. The zero-order chi connectivity index (χ0) is 10.7. The maximum absolute atomic E-state index is 10.7. The molecular weight excluding hydrogens is 196 g/mol. The quantitative estimate of drug-likeness (QED) is 0.556. The van der Waals surface area contributed by atoms with Crippen LogP contribution in [0, 0.1) is 10.1 Å². The number of nitro benzene ring substituents is 1. The van der Waals surface area contributed by atoms with Crippen LogP contribution in [0.15, 0.2) is 36.7 Å². The third-order valence-electron chi connectivity index (χ3n) is 1.99. The number of hydrogen-bond acceptors (Lipinski definition) is 4. The van der Waals surface area contributed by atoms with Gasteiger partial charge in [0, 0.05) is 12.3 Å². The molecule has 2 rings (SSSR count). The van der Waals surface area contributed by atoms with E-state index in [1.165, 1.54) is 12.3 Å². The van der Waals surface area contributed by atoms with Crippen LogP contribution in [-0.2, 0) is 6.54 Å². The third-order valence-corrected chi connectivity index (χ3v) is 1.99. The molecule has 0 radical (unpaired) electrons. The number of nitro groups is 1. The molecule has 0 N–H and O–H groups in total. The lowest BCUT2D eigenvalue weighted by molar-refractivity contribution is -0.385. The Labute approximate surface area is 85.3 Å². The van der Waals surface area contributed by atoms with Gasteiger partial charge in [0.2, 0.25) is 0 Å². The zero-order valence-corrected chi connectivity index (χ0v) is 7.78. The van der Waals surface area contributed by atoms with Crippen LogP contribution in [0.3, 0.4) is 0 Å². The first-order valence-corrected chi connectivity index (χ1v) is 4.34. The maximum atomic E-state index is 10.7. The Bertz CT molecular complexity index is 467. The minimum atomic E-state index is -0.397. The van der Waals surface area contributed by atoms with E-state index in [4.69, 9.17) is 0 Å². The molecule has 0 aliphatic rings. The van der Waals surface area contributed by atoms with E-state index in [1.54, 1.807) is 29.1 Å². The molecule has 0 aliphatic heterocycles. The van der Waals surface area contributed by atoms with Crippen molar-refractivity contribution in [2.45, 2.75) is 6.54 Å².